The maximum atomic E-state index is 13.7. The Balaban J connectivity index is 2.29. The Kier molecular flexibility index (Phi) is 4.35. The Hall–Kier alpha value is -2.57. The van der Waals surface area contributed by atoms with Crippen molar-refractivity contribution in [1.82, 2.24) is 0 Å². The average molecular weight is 313 g/mol. The molecule has 0 unspecified atom stereocenters. The number of nitrogens with two attached hydrogens (primary N) is 1. The number of halogens is 4. The van der Waals surface area contributed by atoms with Crippen molar-refractivity contribution in [2.45, 2.75) is 13.5 Å². The van der Waals surface area contributed by atoms with Gasteiger partial charge in [-0.05, 0) is 25.1 Å². The fourth-order valence-electron chi connectivity index (χ4n) is 1.81. The zero-order chi connectivity index (χ0) is 16.4. The standard InChI is InChI=1S/C15H11F4NO2/c1-7-11(16)13(18)10(14(19)12(7)17)6-22-9-4-2-3-8(5-9)15(20)21/h2-5H,6H2,1H3,(H2,20,21). The summed E-state index contributed by atoms with van der Waals surface area (Å²) >= 11 is 0. The van der Waals surface area contributed by atoms with Gasteiger partial charge in [0.05, 0.1) is 5.56 Å². The van der Waals surface area contributed by atoms with Crippen molar-refractivity contribution in [3.05, 3.63) is 64.2 Å². The van der Waals surface area contributed by atoms with E-state index >= 15 is 0 Å². The van der Waals surface area contributed by atoms with Gasteiger partial charge in [0, 0.05) is 11.1 Å². The van der Waals surface area contributed by atoms with E-state index in [1.807, 2.05) is 0 Å². The molecule has 0 aliphatic heterocycles. The molecular weight excluding hydrogens is 302 g/mol. The largest absolute Gasteiger partial charge is 0.489 e. The van der Waals surface area contributed by atoms with Crippen LogP contribution in [-0.4, -0.2) is 5.91 Å². The van der Waals surface area contributed by atoms with Crippen molar-refractivity contribution < 1.29 is 27.1 Å². The highest BCUT2D eigenvalue weighted by atomic mass is 19.2. The van der Waals surface area contributed by atoms with E-state index in [4.69, 9.17) is 10.5 Å². The van der Waals surface area contributed by atoms with Gasteiger partial charge in [0.15, 0.2) is 23.3 Å². The SMILES string of the molecule is Cc1c(F)c(F)c(COc2cccc(C(N)=O)c2)c(F)c1F. The fraction of sp³-hybridized carbons (Fsp3) is 0.133. The monoisotopic (exact) mass is 313 g/mol. The molecule has 0 bridgehead atoms. The van der Waals surface area contributed by atoms with Crippen molar-refractivity contribution in [2.24, 2.45) is 5.73 Å². The first-order chi connectivity index (χ1) is 10.3. The third-order valence-corrected chi connectivity index (χ3v) is 3.08. The zero-order valence-electron chi connectivity index (χ0n) is 11.4. The molecule has 0 atom stereocenters. The molecule has 0 aliphatic rings. The predicted octanol–water partition coefficient (Wildman–Crippen LogP) is 3.23. The van der Waals surface area contributed by atoms with Gasteiger partial charge in [-0.15, -0.1) is 0 Å². The molecule has 3 nitrogen and oxygen atoms in total. The third kappa shape index (κ3) is 2.88. The minimum Gasteiger partial charge on any atom is -0.489 e. The highest BCUT2D eigenvalue weighted by Crippen LogP contribution is 2.25. The van der Waals surface area contributed by atoms with Crippen LogP contribution in [0.2, 0.25) is 0 Å². The summed E-state index contributed by atoms with van der Waals surface area (Å²) < 4.78 is 59.3. The Morgan fingerprint density at radius 2 is 1.68 bits per heavy atom. The molecule has 0 radical (unpaired) electrons. The molecule has 0 spiro atoms. The summed E-state index contributed by atoms with van der Waals surface area (Å²) in [5, 5.41) is 0. The van der Waals surface area contributed by atoms with Crippen molar-refractivity contribution in [3.63, 3.8) is 0 Å². The Bertz CT molecular complexity index is 718. The van der Waals surface area contributed by atoms with Crippen LogP contribution in [0.3, 0.4) is 0 Å². The van der Waals surface area contributed by atoms with E-state index < -0.39 is 46.9 Å². The number of amides is 1. The maximum Gasteiger partial charge on any atom is 0.248 e. The van der Waals surface area contributed by atoms with Gasteiger partial charge in [-0.25, -0.2) is 17.6 Å². The molecule has 1 amide bonds. The molecule has 2 aromatic rings. The van der Waals surface area contributed by atoms with Gasteiger partial charge >= 0.3 is 0 Å². The lowest BCUT2D eigenvalue weighted by Crippen LogP contribution is -2.11. The van der Waals surface area contributed by atoms with Crippen molar-refractivity contribution in [3.8, 4) is 5.75 Å². The van der Waals surface area contributed by atoms with Crippen LogP contribution in [0.15, 0.2) is 24.3 Å². The highest BCUT2D eigenvalue weighted by Gasteiger charge is 2.23. The van der Waals surface area contributed by atoms with Crippen LogP contribution < -0.4 is 10.5 Å². The van der Waals surface area contributed by atoms with Crippen LogP contribution in [0, 0.1) is 30.2 Å². The Morgan fingerprint density at radius 1 is 1.09 bits per heavy atom. The van der Waals surface area contributed by atoms with Crippen LogP contribution in [0.25, 0.3) is 0 Å². The van der Waals surface area contributed by atoms with E-state index in [0.717, 1.165) is 6.92 Å². The first kappa shape index (κ1) is 15.8. The minimum absolute atomic E-state index is 0.0801. The van der Waals surface area contributed by atoms with E-state index in [1.54, 1.807) is 0 Å². The molecule has 7 heteroatoms. The van der Waals surface area contributed by atoms with Crippen LogP contribution >= 0.6 is 0 Å². The molecule has 0 fully saturated rings. The van der Waals surface area contributed by atoms with Gasteiger partial charge in [-0.2, -0.15) is 0 Å². The molecule has 0 saturated heterocycles. The second-order valence-corrected chi connectivity index (χ2v) is 4.54. The second kappa shape index (κ2) is 6.05. The van der Waals surface area contributed by atoms with Crippen LogP contribution in [0.5, 0.6) is 5.75 Å². The molecule has 2 rings (SSSR count). The van der Waals surface area contributed by atoms with Gasteiger partial charge in [-0.1, -0.05) is 6.07 Å². The van der Waals surface area contributed by atoms with Gasteiger partial charge < -0.3 is 10.5 Å². The van der Waals surface area contributed by atoms with E-state index in [2.05, 4.69) is 0 Å². The number of benzene rings is 2. The lowest BCUT2D eigenvalue weighted by molar-refractivity contribution is 0.0999. The molecule has 116 valence electrons. The summed E-state index contributed by atoms with van der Waals surface area (Å²) in [5.74, 6) is -6.59. The molecule has 2 N–H and O–H groups in total. The normalized spacial score (nSPS) is 10.6. The molecule has 0 aromatic heterocycles. The fourth-order valence-corrected chi connectivity index (χ4v) is 1.81. The smallest absolute Gasteiger partial charge is 0.248 e. The van der Waals surface area contributed by atoms with Gasteiger partial charge in [0.2, 0.25) is 5.91 Å². The lowest BCUT2D eigenvalue weighted by Gasteiger charge is -2.11. The van der Waals surface area contributed by atoms with E-state index in [-0.39, 0.29) is 11.3 Å². The summed E-state index contributed by atoms with van der Waals surface area (Å²) in [6.07, 6.45) is 0. The van der Waals surface area contributed by atoms with Crippen molar-refractivity contribution in [1.29, 1.82) is 0 Å². The summed E-state index contributed by atoms with van der Waals surface area (Å²) in [6.45, 7) is 0.186. The number of carbonyl (C=O) groups excluding carboxylic acids is 1. The summed E-state index contributed by atoms with van der Waals surface area (Å²) in [5.41, 5.74) is 3.59. The topological polar surface area (TPSA) is 52.3 Å². The molecule has 22 heavy (non-hydrogen) atoms. The molecule has 0 saturated carbocycles. The molecule has 0 heterocycles. The Labute approximate surface area is 123 Å². The maximum absolute atomic E-state index is 13.7. The first-order valence-electron chi connectivity index (χ1n) is 6.17. The van der Waals surface area contributed by atoms with Crippen molar-refractivity contribution in [2.75, 3.05) is 0 Å². The number of hydrogen-bond acceptors (Lipinski definition) is 2. The second-order valence-electron chi connectivity index (χ2n) is 4.54. The van der Waals surface area contributed by atoms with Crippen LogP contribution in [0.1, 0.15) is 21.5 Å². The van der Waals surface area contributed by atoms with E-state index in [1.165, 1.54) is 24.3 Å². The van der Waals surface area contributed by atoms with Gasteiger partial charge in [-0.3, -0.25) is 4.79 Å². The number of rotatable bonds is 4. The lowest BCUT2D eigenvalue weighted by atomic mass is 10.1. The first-order valence-corrected chi connectivity index (χ1v) is 6.17. The Morgan fingerprint density at radius 3 is 2.23 bits per heavy atom. The average Bonchev–Trinajstić information content (AvgIpc) is 2.51. The highest BCUT2D eigenvalue weighted by molar-refractivity contribution is 5.93. The van der Waals surface area contributed by atoms with Crippen molar-refractivity contribution >= 4 is 5.91 Å². The number of hydrogen-bond donors (Lipinski definition) is 1. The molecular formula is C15H11F4NO2. The van der Waals surface area contributed by atoms with E-state index in [0.29, 0.717) is 0 Å². The van der Waals surface area contributed by atoms with Gasteiger partial charge in [0.1, 0.15) is 12.4 Å². The predicted molar refractivity (Wildman–Crippen MR) is 70.3 cm³/mol. The molecule has 0 aliphatic carbocycles. The quantitative estimate of drug-likeness (QED) is 0.696. The number of primary amides is 1. The van der Waals surface area contributed by atoms with Crippen LogP contribution in [-0.2, 0) is 6.61 Å². The number of carbonyl (C=O) groups is 1. The van der Waals surface area contributed by atoms with E-state index in [9.17, 15) is 22.4 Å². The minimum atomic E-state index is -1.51. The van der Waals surface area contributed by atoms with Crippen LogP contribution in [0.4, 0.5) is 17.6 Å². The third-order valence-electron chi connectivity index (χ3n) is 3.08. The zero-order valence-corrected chi connectivity index (χ0v) is 11.4. The van der Waals surface area contributed by atoms with Gasteiger partial charge in [0.25, 0.3) is 0 Å². The summed E-state index contributed by atoms with van der Waals surface area (Å²) in [6, 6.07) is 5.52. The number of ether oxygens (including phenoxy) is 1. The summed E-state index contributed by atoms with van der Waals surface area (Å²) in [7, 11) is 0. The molecule has 2 aromatic carbocycles. The summed E-state index contributed by atoms with van der Waals surface area (Å²) in [4.78, 5) is 11.0.